The number of likely N-dealkylation sites (N-methyl/N-ethyl adjacent to an activating group) is 1. The molecule has 216 valence electrons. The summed E-state index contributed by atoms with van der Waals surface area (Å²) >= 11 is 1.29. The van der Waals surface area contributed by atoms with Crippen molar-refractivity contribution < 1.29 is 14.0 Å². The van der Waals surface area contributed by atoms with Gasteiger partial charge in [-0.15, -0.1) is 11.3 Å². The van der Waals surface area contributed by atoms with Gasteiger partial charge in [0.05, 0.1) is 18.6 Å². The molecule has 3 aliphatic rings. The van der Waals surface area contributed by atoms with E-state index in [9.17, 15) is 9.59 Å². The van der Waals surface area contributed by atoms with Crippen LogP contribution in [0.1, 0.15) is 46.7 Å². The van der Waals surface area contributed by atoms with Gasteiger partial charge in [0.1, 0.15) is 11.6 Å². The first kappa shape index (κ1) is 26.7. The first-order valence-electron chi connectivity index (χ1n) is 14.3. The number of anilines is 2. The molecule has 4 aromatic rings. The van der Waals surface area contributed by atoms with E-state index in [4.69, 9.17) is 0 Å². The number of hydrogen-bond donors (Lipinski definition) is 1. The fourth-order valence-electron chi connectivity index (χ4n) is 6.20. The number of imidazole rings is 1. The van der Waals surface area contributed by atoms with Crippen molar-refractivity contribution in [3.8, 4) is 11.1 Å². The van der Waals surface area contributed by atoms with Crippen molar-refractivity contribution in [1.29, 1.82) is 0 Å². The number of nitrogens with one attached hydrogen (secondary N) is 1. The van der Waals surface area contributed by atoms with Crippen LogP contribution in [0.2, 0.25) is 0 Å². The van der Waals surface area contributed by atoms with Crippen molar-refractivity contribution >= 4 is 34.1 Å². The Balaban J connectivity index is 1.17. The molecule has 7 rings (SSSR count). The largest absolute Gasteiger partial charge is 0.354 e. The van der Waals surface area contributed by atoms with E-state index in [2.05, 4.69) is 37.0 Å². The van der Waals surface area contributed by atoms with Crippen molar-refractivity contribution in [2.45, 2.75) is 38.9 Å². The van der Waals surface area contributed by atoms with Gasteiger partial charge < -0.3 is 19.3 Å². The van der Waals surface area contributed by atoms with Crippen LogP contribution in [0.3, 0.4) is 0 Å². The zero-order valence-electron chi connectivity index (χ0n) is 23.3. The number of rotatable bonds is 7. The SMILES string of the molecule is CCN1CCN(c2ccc(-c3cc(F)c4c(c3)C(=O)N(C(C(=O)Nc3nccs3)c3ncn5c3CCC5)C4)cn2)CC1. The van der Waals surface area contributed by atoms with E-state index < -0.39 is 23.7 Å². The van der Waals surface area contributed by atoms with Crippen molar-refractivity contribution in [3.05, 3.63) is 76.7 Å². The lowest BCUT2D eigenvalue weighted by molar-refractivity contribution is -0.121. The molecule has 1 N–H and O–H groups in total. The molecule has 1 atom stereocenters. The molecule has 10 nitrogen and oxygen atoms in total. The molecule has 2 amide bonds. The van der Waals surface area contributed by atoms with E-state index >= 15 is 4.39 Å². The summed E-state index contributed by atoms with van der Waals surface area (Å²) in [4.78, 5) is 47.0. The standard InChI is InChI=1S/C30H31FN8O2S/c1-2-36-9-11-37(12-10-36)25-6-5-19(16-33-25)20-14-21-22(23(31)15-20)17-39(29(21)41)27(28(40)35-30-32-7-13-42-30)26-24-4-3-8-38(24)18-34-26/h5-7,13-16,18,27H,2-4,8-12,17H2,1H3,(H,32,35,40). The van der Waals surface area contributed by atoms with Gasteiger partial charge in [-0.25, -0.2) is 19.3 Å². The molecule has 0 aliphatic carbocycles. The van der Waals surface area contributed by atoms with Crippen LogP contribution < -0.4 is 10.2 Å². The maximum atomic E-state index is 15.6. The monoisotopic (exact) mass is 586 g/mol. The number of hydrogen-bond acceptors (Lipinski definition) is 8. The Hall–Kier alpha value is -4.16. The molecule has 0 radical (unpaired) electrons. The summed E-state index contributed by atoms with van der Waals surface area (Å²) in [5.41, 5.74) is 3.30. The zero-order chi connectivity index (χ0) is 28.8. The van der Waals surface area contributed by atoms with Crippen molar-refractivity contribution in [1.82, 2.24) is 29.3 Å². The number of fused-ring (bicyclic) bond motifs is 2. The molecule has 6 heterocycles. The minimum Gasteiger partial charge on any atom is -0.354 e. The van der Waals surface area contributed by atoms with Gasteiger partial charge in [0.15, 0.2) is 11.2 Å². The molecule has 3 aromatic heterocycles. The van der Waals surface area contributed by atoms with Gasteiger partial charge in [-0.05, 0) is 49.2 Å². The Kier molecular flexibility index (Phi) is 6.95. The summed E-state index contributed by atoms with van der Waals surface area (Å²) in [5.74, 6) is -0.407. The van der Waals surface area contributed by atoms with Gasteiger partial charge in [0, 0.05) is 72.9 Å². The molecule has 3 aliphatic heterocycles. The molecule has 42 heavy (non-hydrogen) atoms. The van der Waals surface area contributed by atoms with Gasteiger partial charge >= 0.3 is 0 Å². The smallest absolute Gasteiger partial charge is 0.255 e. The van der Waals surface area contributed by atoms with Gasteiger partial charge in [-0.1, -0.05) is 6.92 Å². The van der Waals surface area contributed by atoms with Gasteiger partial charge in [0.25, 0.3) is 11.8 Å². The number of piperazine rings is 1. The van der Waals surface area contributed by atoms with Crippen LogP contribution in [-0.2, 0) is 24.3 Å². The van der Waals surface area contributed by atoms with Crippen LogP contribution in [0.15, 0.2) is 48.4 Å². The van der Waals surface area contributed by atoms with E-state index in [-0.39, 0.29) is 17.7 Å². The van der Waals surface area contributed by atoms with Gasteiger partial charge in [-0.2, -0.15) is 0 Å². The average molecular weight is 587 g/mol. The lowest BCUT2D eigenvalue weighted by Gasteiger charge is -2.34. The molecular weight excluding hydrogens is 555 g/mol. The Morgan fingerprint density at radius 3 is 2.69 bits per heavy atom. The van der Waals surface area contributed by atoms with Crippen LogP contribution in [0.5, 0.6) is 0 Å². The van der Waals surface area contributed by atoms with Crippen molar-refractivity contribution in [2.75, 3.05) is 42.9 Å². The van der Waals surface area contributed by atoms with Gasteiger partial charge in [0.2, 0.25) is 0 Å². The summed E-state index contributed by atoms with van der Waals surface area (Å²) in [5, 5.41) is 5.03. The molecule has 12 heteroatoms. The number of nitrogens with zero attached hydrogens (tertiary/aromatic N) is 7. The third-order valence-electron chi connectivity index (χ3n) is 8.51. The molecule has 1 unspecified atom stereocenters. The first-order chi connectivity index (χ1) is 20.5. The predicted molar refractivity (Wildman–Crippen MR) is 158 cm³/mol. The summed E-state index contributed by atoms with van der Waals surface area (Å²) in [6, 6.07) is 6.02. The number of aryl methyl sites for hydroxylation is 1. The van der Waals surface area contributed by atoms with Crippen LogP contribution in [0, 0.1) is 5.82 Å². The maximum Gasteiger partial charge on any atom is 0.255 e. The van der Waals surface area contributed by atoms with E-state index in [0.29, 0.717) is 16.4 Å². The molecule has 1 fully saturated rings. The summed E-state index contributed by atoms with van der Waals surface area (Å²) in [6.07, 6.45) is 6.76. The van der Waals surface area contributed by atoms with Crippen LogP contribution in [-0.4, -0.2) is 73.9 Å². The fourth-order valence-corrected chi connectivity index (χ4v) is 6.73. The molecule has 1 saturated heterocycles. The predicted octanol–water partition coefficient (Wildman–Crippen LogP) is 3.96. The lowest BCUT2D eigenvalue weighted by atomic mass is 10.0. The highest BCUT2D eigenvalue weighted by molar-refractivity contribution is 7.13. The van der Waals surface area contributed by atoms with E-state index in [0.717, 1.165) is 69.2 Å². The maximum absolute atomic E-state index is 15.6. The first-order valence-corrected chi connectivity index (χ1v) is 15.2. The second-order valence-electron chi connectivity index (χ2n) is 10.8. The van der Waals surface area contributed by atoms with Crippen LogP contribution in [0.25, 0.3) is 11.1 Å². The number of benzene rings is 1. The topological polar surface area (TPSA) is 99.5 Å². The Labute approximate surface area is 246 Å². The lowest BCUT2D eigenvalue weighted by Crippen LogP contribution is -2.46. The quantitative estimate of drug-likeness (QED) is 0.350. The third kappa shape index (κ3) is 4.74. The summed E-state index contributed by atoms with van der Waals surface area (Å²) in [7, 11) is 0. The highest BCUT2D eigenvalue weighted by atomic mass is 32.1. The zero-order valence-corrected chi connectivity index (χ0v) is 24.1. The number of thiazole rings is 1. The number of carbonyl (C=O) groups is 2. The molecule has 0 spiro atoms. The van der Waals surface area contributed by atoms with Gasteiger partial charge in [-0.3, -0.25) is 14.9 Å². The summed E-state index contributed by atoms with van der Waals surface area (Å²) in [6.45, 7) is 7.83. The number of pyridine rings is 1. The average Bonchev–Trinajstić information content (AvgIpc) is 3.82. The molecule has 0 bridgehead atoms. The normalized spacial score (nSPS) is 17.4. The van der Waals surface area contributed by atoms with Crippen LogP contribution >= 0.6 is 11.3 Å². The molecular formula is C30H31FN8O2S. The fraction of sp³-hybridized carbons (Fsp3) is 0.367. The minimum atomic E-state index is -1.01. The second-order valence-corrected chi connectivity index (χ2v) is 11.7. The molecule has 0 saturated carbocycles. The Morgan fingerprint density at radius 2 is 1.95 bits per heavy atom. The van der Waals surface area contributed by atoms with Crippen LogP contribution in [0.4, 0.5) is 15.3 Å². The van der Waals surface area contributed by atoms with Crippen molar-refractivity contribution in [2.24, 2.45) is 0 Å². The van der Waals surface area contributed by atoms with E-state index in [1.165, 1.54) is 22.3 Å². The number of carbonyl (C=O) groups excluding carboxylic acids is 2. The Morgan fingerprint density at radius 1 is 1.10 bits per heavy atom. The number of amides is 2. The van der Waals surface area contributed by atoms with Crippen molar-refractivity contribution in [3.63, 3.8) is 0 Å². The third-order valence-corrected chi connectivity index (χ3v) is 9.20. The van der Waals surface area contributed by atoms with E-state index in [1.807, 2.05) is 16.7 Å². The highest BCUT2D eigenvalue weighted by Gasteiger charge is 2.42. The minimum absolute atomic E-state index is 0.0243. The Bertz CT molecular complexity index is 1630. The van der Waals surface area contributed by atoms with E-state index in [1.54, 1.807) is 30.2 Å². The molecule has 1 aromatic carbocycles. The number of halogens is 1. The highest BCUT2D eigenvalue weighted by Crippen LogP contribution is 2.38. The number of aromatic nitrogens is 4. The summed E-state index contributed by atoms with van der Waals surface area (Å²) < 4.78 is 17.6. The second kappa shape index (κ2) is 10.9.